The zero-order valence-corrected chi connectivity index (χ0v) is 13.7. The van der Waals surface area contributed by atoms with Gasteiger partial charge in [0, 0.05) is 17.8 Å². The van der Waals surface area contributed by atoms with E-state index >= 15 is 0 Å². The zero-order valence-electron chi connectivity index (χ0n) is 13.7. The third kappa shape index (κ3) is 4.54. The molecule has 0 spiro atoms. The Labute approximate surface area is 143 Å². The van der Waals surface area contributed by atoms with Crippen LogP contribution in [0.1, 0.15) is 22.8 Å². The van der Waals surface area contributed by atoms with Crippen LogP contribution >= 0.6 is 0 Å². The van der Waals surface area contributed by atoms with Gasteiger partial charge in [-0.3, -0.25) is 14.9 Å². The Kier molecular flexibility index (Phi) is 5.33. The number of esters is 1. The SMILES string of the molecule is Cc1ccc([N+](=O)[O-])cc1NC(=O)C(C)OC(=O)c1ccc(N)cc1. The molecule has 8 heteroatoms. The first-order chi connectivity index (χ1) is 11.8. The van der Waals surface area contributed by atoms with Crippen LogP contribution in [0, 0.1) is 17.0 Å². The van der Waals surface area contributed by atoms with E-state index in [1.807, 2.05) is 0 Å². The lowest BCUT2D eigenvalue weighted by Crippen LogP contribution is -2.30. The van der Waals surface area contributed by atoms with Crippen LogP contribution < -0.4 is 11.1 Å². The monoisotopic (exact) mass is 343 g/mol. The van der Waals surface area contributed by atoms with E-state index in [1.54, 1.807) is 19.1 Å². The average molecular weight is 343 g/mol. The highest BCUT2D eigenvalue weighted by Gasteiger charge is 2.20. The van der Waals surface area contributed by atoms with Gasteiger partial charge in [0.15, 0.2) is 6.10 Å². The smallest absolute Gasteiger partial charge is 0.338 e. The molecule has 0 saturated heterocycles. The summed E-state index contributed by atoms with van der Waals surface area (Å²) in [5, 5.41) is 13.4. The standard InChI is InChI=1S/C17H17N3O5/c1-10-3-8-14(20(23)24)9-15(10)19-16(21)11(2)25-17(22)12-4-6-13(18)7-5-12/h3-9,11H,18H2,1-2H3,(H,19,21). The molecular weight excluding hydrogens is 326 g/mol. The molecule has 0 aliphatic carbocycles. The fourth-order valence-corrected chi connectivity index (χ4v) is 1.99. The maximum Gasteiger partial charge on any atom is 0.338 e. The van der Waals surface area contributed by atoms with Gasteiger partial charge in [0.2, 0.25) is 0 Å². The molecule has 2 aromatic carbocycles. The molecule has 1 amide bonds. The Hall–Kier alpha value is -3.42. The number of ether oxygens (including phenoxy) is 1. The maximum absolute atomic E-state index is 12.2. The van der Waals surface area contributed by atoms with E-state index in [-0.39, 0.29) is 16.9 Å². The van der Waals surface area contributed by atoms with E-state index in [9.17, 15) is 19.7 Å². The predicted molar refractivity (Wildman–Crippen MR) is 92.2 cm³/mol. The summed E-state index contributed by atoms with van der Waals surface area (Å²) < 4.78 is 5.10. The maximum atomic E-state index is 12.2. The van der Waals surface area contributed by atoms with Crippen LogP contribution in [0.15, 0.2) is 42.5 Å². The van der Waals surface area contributed by atoms with Gasteiger partial charge in [-0.2, -0.15) is 0 Å². The summed E-state index contributed by atoms with van der Waals surface area (Å²) >= 11 is 0. The van der Waals surface area contributed by atoms with Crippen LogP contribution in [0.2, 0.25) is 0 Å². The fourth-order valence-electron chi connectivity index (χ4n) is 1.99. The highest BCUT2D eigenvalue weighted by atomic mass is 16.6. The second kappa shape index (κ2) is 7.43. The van der Waals surface area contributed by atoms with E-state index < -0.39 is 22.9 Å². The molecule has 1 unspecified atom stereocenters. The molecule has 25 heavy (non-hydrogen) atoms. The molecule has 0 bridgehead atoms. The fraction of sp³-hybridized carbons (Fsp3) is 0.176. The predicted octanol–water partition coefficient (Wildman–Crippen LogP) is 2.67. The summed E-state index contributed by atoms with van der Waals surface area (Å²) in [5.74, 6) is -1.26. The number of amides is 1. The number of non-ortho nitro benzene ring substituents is 1. The number of nitro benzene ring substituents is 1. The number of nitrogen functional groups attached to an aromatic ring is 1. The summed E-state index contributed by atoms with van der Waals surface area (Å²) in [4.78, 5) is 34.5. The van der Waals surface area contributed by atoms with Crippen LogP contribution in [-0.2, 0) is 9.53 Å². The molecular formula is C17H17N3O5. The average Bonchev–Trinajstić information content (AvgIpc) is 2.57. The lowest BCUT2D eigenvalue weighted by molar-refractivity contribution is -0.384. The minimum atomic E-state index is -1.08. The molecule has 0 fully saturated rings. The first-order valence-corrected chi connectivity index (χ1v) is 7.40. The van der Waals surface area contributed by atoms with Crippen molar-refractivity contribution in [2.75, 3.05) is 11.1 Å². The third-order valence-electron chi connectivity index (χ3n) is 3.49. The number of carbonyl (C=O) groups is 2. The number of nitrogens with two attached hydrogens (primary N) is 1. The van der Waals surface area contributed by atoms with Crippen LogP contribution in [0.4, 0.5) is 17.1 Å². The molecule has 3 N–H and O–H groups in total. The van der Waals surface area contributed by atoms with E-state index in [4.69, 9.17) is 10.5 Å². The molecule has 0 heterocycles. The van der Waals surface area contributed by atoms with Crippen LogP contribution in [-0.4, -0.2) is 22.9 Å². The molecule has 1 atom stereocenters. The number of anilines is 2. The highest BCUT2D eigenvalue weighted by Crippen LogP contribution is 2.22. The van der Waals surface area contributed by atoms with Crippen LogP contribution in [0.5, 0.6) is 0 Å². The van der Waals surface area contributed by atoms with Gasteiger partial charge in [0.05, 0.1) is 16.2 Å². The van der Waals surface area contributed by atoms with Crippen molar-refractivity contribution in [2.24, 2.45) is 0 Å². The van der Waals surface area contributed by atoms with Crippen molar-refractivity contribution in [2.45, 2.75) is 20.0 Å². The molecule has 0 saturated carbocycles. The van der Waals surface area contributed by atoms with Crippen molar-refractivity contribution in [3.8, 4) is 0 Å². The molecule has 0 aliphatic heterocycles. The van der Waals surface area contributed by atoms with Gasteiger partial charge < -0.3 is 15.8 Å². The summed E-state index contributed by atoms with van der Waals surface area (Å²) in [6, 6.07) is 10.2. The van der Waals surface area contributed by atoms with Crippen molar-refractivity contribution in [1.82, 2.24) is 0 Å². The number of carbonyl (C=O) groups excluding carboxylic acids is 2. The van der Waals surface area contributed by atoms with E-state index in [0.717, 1.165) is 0 Å². The Morgan fingerprint density at radius 2 is 1.84 bits per heavy atom. The number of aryl methyl sites for hydroxylation is 1. The minimum Gasteiger partial charge on any atom is -0.449 e. The van der Waals surface area contributed by atoms with Gasteiger partial charge in [-0.15, -0.1) is 0 Å². The first-order valence-electron chi connectivity index (χ1n) is 7.40. The molecule has 0 aliphatic rings. The van der Waals surface area contributed by atoms with Gasteiger partial charge in [-0.05, 0) is 43.7 Å². The molecule has 130 valence electrons. The summed E-state index contributed by atoms with van der Waals surface area (Å²) in [7, 11) is 0. The van der Waals surface area contributed by atoms with Crippen molar-refractivity contribution in [3.63, 3.8) is 0 Å². The summed E-state index contributed by atoms with van der Waals surface area (Å²) in [6.07, 6.45) is -1.08. The number of hydrogen-bond donors (Lipinski definition) is 2. The molecule has 2 rings (SSSR count). The van der Waals surface area contributed by atoms with Gasteiger partial charge in [-0.1, -0.05) is 6.07 Å². The second-order valence-electron chi connectivity index (χ2n) is 5.42. The largest absolute Gasteiger partial charge is 0.449 e. The normalized spacial score (nSPS) is 11.4. The lowest BCUT2D eigenvalue weighted by Gasteiger charge is -2.14. The van der Waals surface area contributed by atoms with Crippen molar-refractivity contribution in [3.05, 3.63) is 63.7 Å². The third-order valence-corrected chi connectivity index (χ3v) is 3.49. The quantitative estimate of drug-likeness (QED) is 0.372. The Morgan fingerprint density at radius 3 is 2.44 bits per heavy atom. The van der Waals surface area contributed by atoms with E-state index in [1.165, 1.54) is 37.3 Å². The molecule has 0 aromatic heterocycles. The lowest BCUT2D eigenvalue weighted by atomic mass is 10.1. The topological polar surface area (TPSA) is 125 Å². The number of nitrogens with one attached hydrogen (secondary N) is 1. The summed E-state index contributed by atoms with van der Waals surface area (Å²) in [5.41, 5.74) is 7.10. The van der Waals surface area contributed by atoms with Crippen LogP contribution in [0.25, 0.3) is 0 Å². The second-order valence-corrected chi connectivity index (χ2v) is 5.42. The van der Waals surface area contributed by atoms with E-state index in [0.29, 0.717) is 11.3 Å². The van der Waals surface area contributed by atoms with Crippen molar-refractivity contribution < 1.29 is 19.2 Å². The number of nitro groups is 1. The van der Waals surface area contributed by atoms with Crippen molar-refractivity contribution in [1.29, 1.82) is 0 Å². The van der Waals surface area contributed by atoms with Crippen molar-refractivity contribution >= 4 is 28.9 Å². The number of nitrogens with zero attached hydrogens (tertiary/aromatic N) is 1. The summed E-state index contributed by atoms with van der Waals surface area (Å²) in [6.45, 7) is 3.11. The number of benzene rings is 2. The highest BCUT2D eigenvalue weighted by molar-refractivity contribution is 5.98. The first kappa shape index (κ1) is 17.9. The molecule has 8 nitrogen and oxygen atoms in total. The number of rotatable bonds is 5. The minimum absolute atomic E-state index is 0.146. The van der Waals surface area contributed by atoms with Gasteiger partial charge in [0.25, 0.3) is 11.6 Å². The van der Waals surface area contributed by atoms with Gasteiger partial charge in [-0.25, -0.2) is 4.79 Å². The zero-order chi connectivity index (χ0) is 18.6. The Bertz CT molecular complexity index is 818. The Morgan fingerprint density at radius 1 is 1.20 bits per heavy atom. The molecule has 2 aromatic rings. The molecule has 0 radical (unpaired) electrons. The van der Waals surface area contributed by atoms with Gasteiger partial charge >= 0.3 is 5.97 Å². The number of hydrogen-bond acceptors (Lipinski definition) is 6. The van der Waals surface area contributed by atoms with E-state index in [2.05, 4.69) is 5.32 Å². The van der Waals surface area contributed by atoms with Crippen LogP contribution in [0.3, 0.4) is 0 Å². The Balaban J connectivity index is 2.05. The van der Waals surface area contributed by atoms with Gasteiger partial charge in [0.1, 0.15) is 0 Å².